The summed E-state index contributed by atoms with van der Waals surface area (Å²) in [4.78, 5) is 27.6. The molecule has 0 spiro atoms. The molecule has 0 saturated carbocycles. The topological polar surface area (TPSA) is 116 Å². The number of alkyl carbamates (subject to hydrolysis) is 1. The molecule has 3 heterocycles. The van der Waals surface area contributed by atoms with Gasteiger partial charge in [-0.25, -0.2) is 14.8 Å². The van der Waals surface area contributed by atoms with Crippen LogP contribution in [0.5, 0.6) is 0 Å². The molecule has 3 aromatic rings. The molecule has 33 heavy (non-hydrogen) atoms. The molecule has 1 fully saturated rings. The van der Waals surface area contributed by atoms with Gasteiger partial charge in [0.25, 0.3) is 0 Å². The summed E-state index contributed by atoms with van der Waals surface area (Å²) in [7, 11) is 0. The molecular weight excluding hydrogens is 418 g/mol. The number of fused-ring (bicyclic) bond motifs is 1. The average molecular weight is 446 g/mol. The maximum Gasteiger partial charge on any atom is 0.407 e. The molecule has 0 unspecified atom stereocenters. The number of pyridine rings is 1. The molecular formula is C24H27N7O2. The van der Waals surface area contributed by atoms with Crippen LogP contribution in [0.1, 0.15) is 39.3 Å². The summed E-state index contributed by atoms with van der Waals surface area (Å²) < 4.78 is 5.38. The SMILES string of the molecule is CC(C)(C)OC(=O)N[C@@H]1CCCN(c2cnc(C#N)c(Nc3ccc4ncccc4c3)n2)C1. The maximum atomic E-state index is 12.2. The Kier molecular flexibility index (Phi) is 6.27. The quantitative estimate of drug-likeness (QED) is 0.616. The second-order valence-corrected chi connectivity index (χ2v) is 9.00. The highest BCUT2D eigenvalue weighted by molar-refractivity contribution is 5.83. The molecule has 2 aromatic heterocycles. The zero-order valence-corrected chi connectivity index (χ0v) is 19.0. The third kappa shape index (κ3) is 5.66. The third-order valence-corrected chi connectivity index (χ3v) is 5.20. The van der Waals surface area contributed by atoms with Gasteiger partial charge in [0.1, 0.15) is 17.5 Å². The maximum absolute atomic E-state index is 12.2. The van der Waals surface area contributed by atoms with Crippen LogP contribution in [0.15, 0.2) is 42.7 Å². The van der Waals surface area contributed by atoms with E-state index in [0.29, 0.717) is 18.2 Å². The Morgan fingerprint density at radius 2 is 2.12 bits per heavy atom. The third-order valence-electron chi connectivity index (χ3n) is 5.20. The number of piperidine rings is 1. The van der Waals surface area contributed by atoms with Crippen molar-refractivity contribution in [3.8, 4) is 6.07 Å². The zero-order valence-electron chi connectivity index (χ0n) is 19.0. The van der Waals surface area contributed by atoms with E-state index in [2.05, 4.69) is 36.6 Å². The van der Waals surface area contributed by atoms with Gasteiger partial charge in [0.15, 0.2) is 11.5 Å². The zero-order chi connectivity index (χ0) is 23.4. The van der Waals surface area contributed by atoms with E-state index in [1.807, 2.05) is 51.1 Å². The van der Waals surface area contributed by atoms with Gasteiger partial charge >= 0.3 is 6.09 Å². The summed E-state index contributed by atoms with van der Waals surface area (Å²) in [5.74, 6) is 1.04. The van der Waals surface area contributed by atoms with Gasteiger partial charge in [0.05, 0.1) is 11.7 Å². The van der Waals surface area contributed by atoms with Gasteiger partial charge in [-0.1, -0.05) is 6.07 Å². The van der Waals surface area contributed by atoms with E-state index >= 15 is 0 Å². The molecule has 4 rings (SSSR count). The number of carbonyl (C=O) groups excluding carboxylic acids is 1. The van der Waals surface area contributed by atoms with E-state index in [0.717, 1.165) is 36.0 Å². The highest BCUT2D eigenvalue weighted by atomic mass is 16.6. The first kappa shape index (κ1) is 22.3. The van der Waals surface area contributed by atoms with Crippen molar-refractivity contribution in [2.24, 2.45) is 0 Å². The van der Waals surface area contributed by atoms with Crippen molar-refractivity contribution in [2.75, 3.05) is 23.3 Å². The number of hydrogen-bond acceptors (Lipinski definition) is 8. The fourth-order valence-electron chi connectivity index (χ4n) is 3.77. The predicted octanol–water partition coefficient (Wildman–Crippen LogP) is 4.13. The van der Waals surface area contributed by atoms with Crippen LogP contribution in [0.3, 0.4) is 0 Å². The Hall–Kier alpha value is -3.93. The number of benzene rings is 1. The van der Waals surface area contributed by atoms with Crippen LogP contribution in [-0.4, -0.2) is 45.8 Å². The van der Waals surface area contributed by atoms with Crippen LogP contribution < -0.4 is 15.5 Å². The summed E-state index contributed by atoms with van der Waals surface area (Å²) in [6.45, 7) is 6.89. The minimum Gasteiger partial charge on any atom is -0.444 e. The number of nitriles is 1. The molecule has 2 N–H and O–H groups in total. The minimum atomic E-state index is -0.545. The van der Waals surface area contributed by atoms with Crippen LogP contribution in [0.25, 0.3) is 10.9 Å². The fourth-order valence-corrected chi connectivity index (χ4v) is 3.77. The monoisotopic (exact) mass is 445 g/mol. The number of nitrogens with one attached hydrogen (secondary N) is 2. The largest absolute Gasteiger partial charge is 0.444 e. The minimum absolute atomic E-state index is 0.0598. The Labute approximate surface area is 192 Å². The Morgan fingerprint density at radius 1 is 1.27 bits per heavy atom. The van der Waals surface area contributed by atoms with Crippen LogP contribution >= 0.6 is 0 Å². The Balaban J connectivity index is 1.51. The van der Waals surface area contributed by atoms with Crippen LogP contribution in [0.2, 0.25) is 0 Å². The van der Waals surface area contributed by atoms with E-state index in [1.54, 1.807) is 12.4 Å². The lowest BCUT2D eigenvalue weighted by Gasteiger charge is -2.34. The molecule has 1 aromatic carbocycles. The van der Waals surface area contributed by atoms with Crippen molar-refractivity contribution in [3.63, 3.8) is 0 Å². The molecule has 9 nitrogen and oxygen atoms in total. The van der Waals surface area contributed by atoms with Crippen molar-refractivity contribution in [1.29, 1.82) is 5.26 Å². The number of amides is 1. The van der Waals surface area contributed by atoms with Gasteiger partial charge in [0.2, 0.25) is 0 Å². The molecule has 1 amide bonds. The van der Waals surface area contributed by atoms with Crippen molar-refractivity contribution in [1.82, 2.24) is 20.3 Å². The lowest BCUT2D eigenvalue weighted by Crippen LogP contribution is -2.49. The number of nitrogens with zero attached hydrogens (tertiary/aromatic N) is 5. The molecule has 0 bridgehead atoms. The van der Waals surface area contributed by atoms with Crippen LogP contribution in [0.4, 0.5) is 22.1 Å². The van der Waals surface area contributed by atoms with E-state index in [1.165, 1.54) is 0 Å². The summed E-state index contributed by atoms with van der Waals surface area (Å²) in [5.41, 5.74) is 1.35. The first-order valence-electron chi connectivity index (χ1n) is 10.9. The molecule has 1 aliphatic heterocycles. The molecule has 0 aliphatic carbocycles. The number of rotatable bonds is 4. The molecule has 0 radical (unpaired) electrons. The molecule has 1 atom stereocenters. The lowest BCUT2D eigenvalue weighted by atomic mass is 10.1. The second-order valence-electron chi connectivity index (χ2n) is 9.00. The van der Waals surface area contributed by atoms with Crippen LogP contribution in [0, 0.1) is 11.3 Å². The predicted molar refractivity (Wildman–Crippen MR) is 126 cm³/mol. The summed E-state index contributed by atoms with van der Waals surface area (Å²) >= 11 is 0. The van der Waals surface area contributed by atoms with E-state index in [9.17, 15) is 10.1 Å². The number of ether oxygens (including phenoxy) is 1. The van der Waals surface area contributed by atoms with Crippen LogP contribution in [-0.2, 0) is 4.74 Å². The molecule has 9 heteroatoms. The van der Waals surface area contributed by atoms with E-state index < -0.39 is 11.7 Å². The Morgan fingerprint density at radius 3 is 2.91 bits per heavy atom. The normalized spacial score (nSPS) is 16.2. The van der Waals surface area contributed by atoms with Crippen molar-refractivity contribution >= 4 is 34.3 Å². The van der Waals surface area contributed by atoms with Gasteiger partial charge < -0.3 is 20.3 Å². The highest BCUT2D eigenvalue weighted by Crippen LogP contribution is 2.25. The summed E-state index contributed by atoms with van der Waals surface area (Å²) in [6, 6.07) is 11.7. The summed E-state index contributed by atoms with van der Waals surface area (Å²) in [5, 5.41) is 16.7. The average Bonchev–Trinajstić information content (AvgIpc) is 2.78. The number of aromatic nitrogens is 3. The number of carbonyl (C=O) groups is 1. The van der Waals surface area contributed by atoms with Gasteiger partial charge in [-0.05, 0) is 57.9 Å². The highest BCUT2D eigenvalue weighted by Gasteiger charge is 2.25. The van der Waals surface area contributed by atoms with Crippen molar-refractivity contribution < 1.29 is 9.53 Å². The van der Waals surface area contributed by atoms with E-state index in [-0.39, 0.29) is 11.7 Å². The number of anilines is 3. The molecule has 1 saturated heterocycles. The standard InChI is InChI=1S/C24H27N7O2/c1-24(2,3)33-23(32)29-18-7-5-11-31(15-18)21-14-27-20(13-25)22(30-21)28-17-8-9-19-16(12-17)6-4-10-26-19/h4,6,8-10,12,14,18H,5,7,11,15H2,1-3H3,(H,28,30)(H,29,32)/t18-/m1/s1. The smallest absolute Gasteiger partial charge is 0.407 e. The van der Waals surface area contributed by atoms with Gasteiger partial charge in [-0.3, -0.25) is 4.98 Å². The van der Waals surface area contributed by atoms with Gasteiger partial charge in [0, 0.05) is 36.4 Å². The molecule has 1 aliphatic rings. The fraction of sp³-hybridized carbons (Fsp3) is 0.375. The summed E-state index contributed by atoms with van der Waals surface area (Å²) in [6.07, 6.45) is 4.68. The van der Waals surface area contributed by atoms with Gasteiger partial charge in [-0.2, -0.15) is 5.26 Å². The molecule has 170 valence electrons. The Bertz CT molecular complexity index is 1200. The first-order valence-corrected chi connectivity index (χ1v) is 10.9. The van der Waals surface area contributed by atoms with Crippen molar-refractivity contribution in [2.45, 2.75) is 45.3 Å². The van der Waals surface area contributed by atoms with Gasteiger partial charge in [-0.15, -0.1) is 0 Å². The van der Waals surface area contributed by atoms with E-state index in [4.69, 9.17) is 4.74 Å². The lowest BCUT2D eigenvalue weighted by molar-refractivity contribution is 0.0500. The van der Waals surface area contributed by atoms with Crippen molar-refractivity contribution in [3.05, 3.63) is 48.4 Å². The second kappa shape index (κ2) is 9.28. The first-order chi connectivity index (χ1) is 15.8. The number of hydrogen-bond donors (Lipinski definition) is 2.